The molecule has 0 aromatic rings. The fraction of sp³-hybridized carbons (Fsp3) is 0.875. The van der Waals surface area contributed by atoms with Crippen LogP contribution >= 0.6 is 0 Å². The van der Waals surface area contributed by atoms with E-state index in [0.717, 1.165) is 0 Å². The molecule has 1 heterocycles. The van der Waals surface area contributed by atoms with E-state index in [1.807, 2.05) is 0 Å². The van der Waals surface area contributed by atoms with Crippen molar-refractivity contribution in [3.63, 3.8) is 0 Å². The number of rotatable bonds is 2. The third-order valence-corrected chi connectivity index (χ3v) is 1.83. The Labute approximate surface area is 76.3 Å². The Kier molecular flexibility index (Phi) is 6.63. The van der Waals surface area contributed by atoms with Gasteiger partial charge in [-0.2, -0.15) is 6.42 Å². The summed E-state index contributed by atoms with van der Waals surface area (Å²) in [4.78, 5) is 2.45. The van der Waals surface area contributed by atoms with Gasteiger partial charge in [-0.25, -0.2) is 0 Å². The molecule has 1 fully saturated rings. The molecule has 1 rings (SSSR count). The molecule has 0 unspecified atom stereocenters. The van der Waals surface area contributed by atoms with Gasteiger partial charge in [-0.3, -0.25) is 6.54 Å². The fourth-order valence-corrected chi connectivity index (χ4v) is 1.36. The van der Waals surface area contributed by atoms with Crippen LogP contribution in [0.15, 0.2) is 0 Å². The van der Waals surface area contributed by atoms with Crippen LogP contribution in [-0.2, 0) is 0 Å². The molecule has 1 nitrogen and oxygen atoms in total. The van der Waals surface area contributed by atoms with Crippen molar-refractivity contribution in [2.75, 3.05) is 13.1 Å². The van der Waals surface area contributed by atoms with Crippen molar-refractivity contribution in [3.8, 4) is 0 Å². The molecule has 0 aliphatic carbocycles. The van der Waals surface area contributed by atoms with Crippen LogP contribution in [0.3, 0.4) is 0 Å². The van der Waals surface area contributed by atoms with E-state index in [1.165, 1.54) is 38.8 Å². The Morgan fingerprint density at radius 1 is 1.20 bits per heavy atom. The van der Waals surface area contributed by atoms with Crippen molar-refractivity contribution in [1.29, 1.82) is 0 Å². The number of likely N-dealkylation sites (tertiary alicyclic amines) is 1. The first-order valence-corrected chi connectivity index (χ1v) is 4.01. The maximum atomic E-state index is 2.45. The normalized spacial score (nSPS) is 20.1. The second kappa shape index (κ2) is 6.28. The molecule has 1 saturated heterocycles. The monoisotopic (exact) mass is 133 g/mol. The zero-order chi connectivity index (χ0) is 6.53. The van der Waals surface area contributed by atoms with Gasteiger partial charge in [0, 0.05) is 0 Å². The minimum Gasteiger partial charge on any atom is -0.456 e. The van der Waals surface area contributed by atoms with E-state index in [2.05, 4.69) is 18.4 Å². The Hall–Kier alpha value is 0.557. The van der Waals surface area contributed by atoms with E-state index >= 15 is 0 Å². The van der Waals surface area contributed by atoms with E-state index in [0.29, 0.717) is 0 Å². The second-order valence-electron chi connectivity index (χ2n) is 2.69. The molecule has 2 heteroatoms. The summed E-state index contributed by atoms with van der Waals surface area (Å²) in [5.74, 6) is 0. The number of nitrogens with zero attached hydrogens (tertiary/aromatic N) is 1. The molecule has 0 saturated carbocycles. The van der Waals surface area contributed by atoms with Crippen LogP contribution in [0.2, 0.25) is 0 Å². The Morgan fingerprint density at radius 3 is 2.30 bits per heavy atom. The molecule has 10 heavy (non-hydrogen) atoms. The van der Waals surface area contributed by atoms with E-state index < -0.39 is 0 Å². The molecule has 0 spiro atoms. The molecule has 0 bridgehead atoms. The molecule has 0 aromatic carbocycles. The summed E-state index contributed by atoms with van der Waals surface area (Å²) < 4.78 is 0. The van der Waals surface area contributed by atoms with Crippen LogP contribution in [0.25, 0.3) is 0 Å². The van der Waals surface area contributed by atoms with Crippen molar-refractivity contribution in [1.82, 2.24) is 4.90 Å². The summed E-state index contributed by atoms with van der Waals surface area (Å²) >= 11 is 0. The van der Waals surface area contributed by atoms with Crippen LogP contribution in [0.5, 0.6) is 0 Å². The van der Waals surface area contributed by atoms with Crippen molar-refractivity contribution in [2.24, 2.45) is 0 Å². The Balaban J connectivity index is 0.000000810. The fourth-order valence-electron chi connectivity index (χ4n) is 1.36. The third kappa shape index (κ3) is 3.66. The van der Waals surface area contributed by atoms with Crippen LogP contribution in [0.1, 0.15) is 32.6 Å². The molecule has 0 atom stereocenters. The molecule has 1 aliphatic heterocycles. The third-order valence-electron chi connectivity index (χ3n) is 1.83. The summed E-state index contributed by atoms with van der Waals surface area (Å²) in [5.41, 5.74) is 0. The predicted molar refractivity (Wildman–Crippen MR) is 40.0 cm³/mol. The number of hydrogen-bond acceptors (Lipinski definition) is 1. The van der Waals surface area contributed by atoms with E-state index in [9.17, 15) is 0 Å². The first-order chi connectivity index (χ1) is 4.43. The smallest absolute Gasteiger partial charge is 0.456 e. The van der Waals surface area contributed by atoms with Crippen molar-refractivity contribution in [2.45, 2.75) is 32.6 Å². The van der Waals surface area contributed by atoms with Gasteiger partial charge in [0.05, 0.1) is 0 Å². The van der Waals surface area contributed by atoms with Crippen LogP contribution < -0.4 is 18.9 Å². The molecular weight excluding hydrogens is 117 g/mol. The van der Waals surface area contributed by atoms with Gasteiger partial charge in [-0.1, -0.05) is 13.3 Å². The standard InChI is InChI=1S/C8H16N.Li/c1-2-6-9-7-4-3-5-8-9;/h6H,2-5,7-8H2,1H3;/q-1;+1. The van der Waals surface area contributed by atoms with Crippen molar-refractivity contribution in [3.05, 3.63) is 6.54 Å². The molecule has 0 aromatic heterocycles. The predicted octanol–water partition coefficient (Wildman–Crippen LogP) is -0.952. The Morgan fingerprint density at radius 2 is 1.80 bits per heavy atom. The summed E-state index contributed by atoms with van der Waals surface area (Å²) in [6, 6.07) is 0. The zero-order valence-corrected chi connectivity index (χ0v) is 7.27. The molecule has 54 valence electrons. The SMILES string of the molecule is CC[CH-]N1CCCCC1.[Li+]. The molecule has 0 N–H and O–H groups in total. The van der Waals surface area contributed by atoms with Gasteiger partial charge in [-0.05, 0) is 25.9 Å². The van der Waals surface area contributed by atoms with Gasteiger partial charge >= 0.3 is 18.9 Å². The molecular formula is C8H16LiN. The van der Waals surface area contributed by atoms with Crippen molar-refractivity contribution >= 4 is 0 Å². The summed E-state index contributed by atoms with van der Waals surface area (Å²) in [6.45, 7) is 7.12. The topological polar surface area (TPSA) is 3.24 Å². The molecule has 1 aliphatic rings. The van der Waals surface area contributed by atoms with E-state index in [4.69, 9.17) is 0 Å². The first-order valence-electron chi connectivity index (χ1n) is 4.01. The number of piperidine rings is 1. The quantitative estimate of drug-likeness (QED) is 0.347. The molecule has 0 amide bonds. The second-order valence-corrected chi connectivity index (χ2v) is 2.69. The first kappa shape index (κ1) is 10.6. The average molecular weight is 133 g/mol. The van der Waals surface area contributed by atoms with Gasteiger partial charge < -0.3 is 4.90 Å². The number of hydrogen-bond donors (Lipinski definition) is 0. The van der Waals surface area contributed by atoms with E-state index in [1.54, 1.807) is 0 Å². The van der Waals surface area contributed by atoms with Gasteiger partial charge in [0.25, 0.3) is 0 Å². The van der Waals surface area contributed by atoms with Gasteiger partial charge in [0.2, 0.25) is 0 Å². The summed E-state index contributed by atoms with van der Waals surface area (Å²) in [6.07, 6.45) is 5.43. The maximum absolute atomic E-state index is 2.45. The van der Waals surface area contributed by atoms with Crippen LogP contribution in [0, 0.1) is 6.54 Å². The zero-order valence-electron chi connectivity index (χ0n) is 7.27. The average Bonchev–Trinajstić information content (AvgIpc) is 1.91. The van der Waals surface area contributed by atoms with Crippen LogP contribution in [-0.4, -0.2) is 18.0 Å². The Bertz CT molecular complexity index is 66.9. The van der Waals surface area contributed by atoms with Gasteiger partial charge in [-0.15, -0.1) is 0 Å². The van der Waals surface area contributed by atoms with E-state index in [-0.39, 0.29) is 18.9 Å². The minimum atomic E-state index is 0. The molecule has 0 radical (unpaired) electrons. The van der Waals surface area contributed by atoms with Crippen LogP contribution in [0.4, 0.5) is 0 Å². The van der Waals surface area contributed by atoms with Gasteiger partial charge in [0.1, 0.15) is 0 Å². The van der Waals surface area contributed by atoms with Gasteiger partial charge in [0.15, 0.2) is 0 Å². The largest absolute Gasteiger partial charge is 1.00 e. The summed E-state index contributed by atoms with van der Waals surface area (Å²) in [5, 5.41) is 0. The summed E-state index contributed by atoms with van der Waals surface area (Å²) in [7, 11) is 0. The minimum absolute atomic E-state index is 0. The van der Waals surface area contributed by atoms with Crippen molar-refractivity contribution < 1.29 is 18.9 Å². The maximum Gasteiger partial charge on any atom is 1.00 e.